The van der Waals surface area contributed by atoms with Crippen LogP contribution in [0.3, 0.4) is 0 Å². The van der Waals surface area contributed by atoms with Crippen LogP contribution >= 0.6 is 0 Å². The van der Waals surface area contributed by atoms with E-state index in [1.807, 2.05) is 13.8 Å². The van der Waals surface area contributed by atoms with Gasteiger partial charge in [0.2, 0.25) is 0 Å². The van der Waals surface area contributed by atoms with Gasteiger partial charge in [0.25, 0.3) is 11.8 Å². The number of carbonyl (C=O) groups excluding carboxylic acids is 4. The second kappa shape index (κ2) is 12.9. The molecule has 2 heterocycles. The van der Waals surface area contributed by atoms with Gasteiger partial charge in [0.1, 0.15) is 0 Å². The molecule has 0 aliphatic carbocycles. The Morgan fingerprint density at radius 1 is 0.659 bits per heavy atom. The van der Waals surface area contributed by atoms with Crippen LogP contribution < -0.4 is 0 Å². The zero-order valence-electron chi connectivity index (χ0n) is 23.2. The maximum absolute atomic E-state index is 13.2. The molecule has 0 fully saturated rings. The summed E-state index contributed by atoms with van der Waals surface area (Å²) >= 11 is 0. The summed E-state index contributed by atoms with van der Waals surface area (Å²) in [5.41, 5.74) is 1.19. The number of nitrogens with zero attached hydrogens (tertiary/aromatic N) is 4. The third-order valence-electron chi connectivity index (χ3n) is 6.26. The number of rotatable bonds is 10. The molecule has 0 atom stereocenters. The minimum Gasteiger partial charge on any atom is -0.444 e. The van der Waals surface area contributed by atoms with E-state index >= 15 is 0 Å². The predicted molar refractivity (Wildman–Crippen MR) is 148 cm³/mol. The van der Waals surface area contributed by atoms with Crippen molar-refractivity contribution in [2.75, 3.05) is 27.2 Å². The molecule has 0 saturated heterocycles. The largest absolute Gasteiger partial charge is 0.444 e. The Balaban J connectivity index is 1.67. The lowest BCUT2D eigenvalue weighted by molar-refractivity contribution is 0.0397. The van der Waals surface area contributed by atoms with Crippen LogP contribution in [-0.2, 0) is 4.74 Å². The number of aromatic nitrogens is 2. The molecular formula is C30H30N4O7. The van der Waals surface area contributed by atoms with Gasteiger partial charge in [-0.2, -0.15) is 0 Å². The van der Waals surface area contributed by atoms with Gasteiger partial charge < -0.3 is 23.4 Å². The van der Waals surface area contributed by atoms with Crippen LogP contribution in [0.25, 0.3) is 22.6 Å². The van der Waals surface area contributed by atoms with E-state index in [4.69, 9.17) is 13.6 Å². The summed E-state index contributed by atoms with van der Waals surface area (Å²) in [6, 6.07) is 8.80. The van der Waals surface area contributed by atoms with Crippen molar-refractivity contribution in [1.82, 2.24) is 19.8 Å². The second-order valence-corrected chi connectivity index (χ2v) is 9.46. The number of esters is 2. The van der Waals surface area contributed by atoms with Gasteiger partial charge in [-0.25, -0.2) is 19.6 Å². The van der Waals surface area contributed by atoms with E-state index < -0.39 is 11.9 Å². The fourth-order valence-corrected chi connectivity index (χ4v) is 4.26. The Bertz CT molecular complexity index is 1430. The van der Waals surface area contributed by atoms with E-state index in [9.17, 15) is 19.2 Å². The first-order chi connectivity index (χ1) is 19.7. The van der Waals surface area contributed by atoms with Gasteiger partial charge in [0.15, 0.2) is 24.3 Å². The zero-order chi connectivity index (χ0) is 29.5. The molecule has 0 spiro atoms. The first-order valence-corrected chi connectivity index (χ1v) is 13.1. The number of ether oxygens (including phenoxy) is 1. The van der Waals surface area contributed by atoms with Gasteiger partial charge in [0.05, 0.1) is 23.5 Å². The van der Waals surface area contributed by atoms with Crippen LogP contribution in [0.2, 0.25) is 0 Å². The molecule has 0 aliphatic heterocycles. The lowest BCUT2D eigenvalue weighted by Gasteiger charge is -2.17. The van der Waals surface area contributed by atoms with Gasteiger partial charge in [0, 0.05) is 49.4 Å². The Hall–Kier alpha value is -5.06. The maximum Gasteiger partial charge on any atom is 0.346 e. The van der Waals surface area contributed by atoms with Crippen molar-refractivity contribution in [1.29, 1.82) is 0 Å². The number of hydrogen-bond acceptors (Lipinski definition) is 9. The molecule has 0 saturated carbocycles. The average Bonchev–Trinajstić information content (AvgIpc) is 3.71. The third-order valence-corrected chi connectivity index (χ3v) is 6.26. The summed E-state index contributed by atoms with van der Waals surface area (Å²) < 4.78 is 16.0. The van der Waals surface area contributed by atoms with E-state index in [0.29, 0.717) is 35.7 Å². The van der Waals surface area contributed by atoms with Gasteiger partial charge in [-0.05, 0) is 49.2 Å². The van der Waals surface area contributed by atoms with Crippen LogP contribution in [0.4, 0.5) is 0 Å². The summed E-state index contributed by atoms with van der Waals surface area (Å²) in [5.74, 6) is -1.93. The SMILES string of the molecule is CCCN(C)C(=O)c1cc(C(=O)OC(=O)c2cc(C(=O)N(C)CCC)cc(-c3cnco3)c2)cc(-c2cnco2)c1. The number of benzene rings is 2. The Labute approximate surface area is 236 Å². The smallest absolute Gasteiger partial charge is 0.346 e. The minimum atomic E-state index is -0.982. The van der Waals surface area contributed by atoms with Crippen molar-refractivity contribution < 1.29 is 32.7 Å². The maximum atomic E-state index is 13.2. The van der Waals surface area contributed by atoms with Crippen molar-refractivity contribution in [3.63, 3.8) is 0 Å². The number of carbonyl (C=O) groups is 4. The summed E-state index contributed by atoms with van der Waals surface area (Å²) in [7, 11) is 3.32. The highest BCUT2D eigenvalue weighted by Gasteiger charge is 2.23. The highest BCUT2D eigenvalue weighted by molar-refractivity contribution is 6.06. The van der Waals surface area contributed by atoms with Gasteiger partial charge in [-0.1, -0.05) is 13.8 Å². The third kappa shape index (κ3) is 6.75. The monoisotopic (exact) mass is 558 g/mol. The van der Waals surface area contributed by atoms with Crippen molar-refractivity contribution >= 4 is 23.8 Å². The summed E-state index contributed by atoms with van der Waals surface area (Å²) in [5, 5.41) is 0. The van der Waals surface area contributed by atoms with Crippen LogP contribution in [0.15, 0.2) is 70.4 Å². The van der Waals surface area contributed by atoms with Crippen molar-refractivity contribution in [2.24, 2.45) is 0 Å². The summed E-state index contributed by atoms with van der Waals surface area (Å²) in [6.07, 6.45) is 6.85. The highest BCUT2D eigenvalue weighted by atomic mass is 16.6. The highest BCUT2D eigenvalue weighted by Crippen LogP contribution is 2.26. The number of hydrogen-bond donors (Lipinski definition) is 0. The summed E-state index contributed by atoms with van der Waals surface area (Å²) in [6.45, 7) is 4.92. The molecule has 2 aromatic heterocycles. The number of oxazole rings is 2. The molecular weight excluding hydrogens is 528 g/mol. The molecule has 4 rings (SSSR count). The first-order valence-electron chi connectivity index (χ1n) is 13.1. The molecule has 0 aliphatic rings. The van der Waals surface area contributed by atoms with Gasteiger partial charge in [-0.3, -0.25) is 9.59 Å². The second-order valence-electron chi connectivity index (χ2n) is 9.46. The molecule has 0 N–H and O–H groups in total. The molecule has 2 amide bonds. The molecule has 41 heavy (non-hydrogen) atoms. The van der Waals surface area contributed by atoms with Crippen LogP contribution in [-0.4, -0.2) is 70.7 Å². The lowest BCUT2D eigenvalue weighted by Crippen LogP contribution is -2.28. The zero-order valence-corrected chi connectivity index (χ0v) is 23.2. The van der Waals surface area contributed by atoms with Crippen molar-refractivity contribution in [2.45, 2.75) is 26.7 Å². The standard InChI is InChI=1S/C30H30N4O7/c1-5-7-33(3)27(35)21-9-19(25-15-31-17-39-25)11-23(13-21)29(37)41-30(38)24-12-20(26-16-32-18-40-26)10-22(14-24)28(36)34(4)8-6-2/h9-18H,5-8H2,1-4H3. The van der Waals surface area contributed by atoms with E-state index in [-0.39, 0.29) is 34.1 Å². The molecule has 11 nitrogen and oxygen atoms in total. The minimum absolute atomic E-state index is 0.0362. The Morgan fingerprint density at radius 2 is 1.05 bits per heavy atom. The molecule has 4 aromatic rings. The topological polar surface area (TPSA) is 136 Å². The normalized spacial score (nSPS) is 10.7. The van der Waals surface area contributed by atoms with Crippen LogP contribution in [0.5, 0.6) is 0 Å². The van der Waals surface area contributed by atoms with E-state index in [2.05, 4.69) is 9.97 Å². The summed E-state index contributed by atoms with van der Waals surface area (Å²) in [4.78, 5) is 63.4. The lowest BCUT2D eigenvalue weighted by atomic mass is 10.0. The first kappa shape index (κ1) is 28.9. The van der Waals surface area contributed by atoms with E-state index in [0.717, 1.165) is 12.8 Å². The van der Waals surface area contributed by atoms with Gasteiger partial charge in [-0.15, -0.1) is 0 Å². The Morgan fingerprint density at radius 3 is 1.39 bits per heavy atom. The van der Waals surface area contributed by atoms with Gasteiger partial charge >= 0.3 is 11.9 Å². The fraction of sp³-hybridized carbons (Fsp3) is 0.267. The predicted octanol–water partition coefficient (Wildman–Crippen LogP) is 4.96. The molecule has 0 bridgehead atoms. The average molecular weight is 559 g/mol. The molecule has 212 valence electrons. The number of amides is 2. The molecule has 2 aromatic carbocycles. The van der Waals surface area contributed by atoms with Crippen LogP contribution in [0.1, 0.15) is 68.1 Å². The molecule has 11 heteroatoms. The molecule has 0 radical (unpaired) electrons. The molecule has 0 unspecified atom stereocenters. The van der Waals surface area contributed by atoms with Crippen LogP contribution in [0, 0.1) is 0 Å². The quantitative estimate of drug-likeness (QED) is 0.195. The fourth-order valence-electron chi connectivity index (χ4n) is 4.26. The van der Waals surface area contributed by atoms with Crippen molar-refractivity contribution in [3.8, 4) is 22.6 Å². The Kier molecular flexibility index (Phi) is 9.08. The van der Waals surface area contributed by atoms with E-state index in [1.54, 1.807) is 26.2 Å². The van der Waals surface area contributed by atoms with Crippen molar-refractivity contribution in [3.05, 3.63) is 83.8 Å². The van der Waals surface area contributed by atoms with E-state index in [1.165, 1.54) is 59.2 Å².